The van der Waals surface area contributed by atoms with Crippen LogP contribution in [0.4, 0.5) is 0 Å². The molecule has 2 saturated heterocycles. The molecule has 0 spiro atoms. The summed E-state index contributed by atoms with van der Waals surface area (Å²) in [7, 11) is 0. The van der Waals surface area contributed by atoms with E-state index in [-0.39, 0.29) is 18.1 Å². The van der Waals surface area contributed by atoms with Gasteiger partial charge < -0.3 is 9.47 Å². The van der Waals surface area contributed by atoms with Gasteiger partial charge in [-0.3, -0.25) is 5.32 Å². The molecule has 4 heteroatoms. The van der Waals surface area contributed by atoms with Gasteiger partial charge in [0.05, 0.1) is 6.61 Å². The predicted octanol–water partition coefficient (Wildman–Crippen LogP) is 1.56. The van der Waals surface area contributed by atoms with E-state index in [9.17, 15) is 0 Å². The molecule has 2 aliphatic rings. The third kappa shape index (κ3) is 2.83. The molecule has 0 aliphatic carbocycles. The lowest BCUT2D eigenvalue weighted by atomic mass is 9.97. The molecule has 0 aromatic rings. The maximum absolute atomic E-state index is 5.75. The molecule has 1 N–H and O–H groups in total. The fourth-order valence-corrected chi connectivity index (χ4v) is 2.33. The zero-order valence-corrected chi connectivity index (χ0v) is 9.73. The highest BCUT2D eigenvalue weighted by molar-refractivity contribution is 5.85. The van der Waals surface area contributed by atoms with Crippen molar-refractivity contribution in [3.8, 4) is 0 Å². The van der Waals surface area contributed by atoms with E-state index in [1.165, 1.54) is 6.42 Å². The van der Waals surface area contributed by atoms with Gasteiger partial charge in [-0.25, -0.2) is 0 Å². The van der Waals surface area contributed by atoms with Gasteiger partial charge in [0.2, 0.25) is 0 Å². The van der Waals surface area contributed by atoms with Crippen molar-refractivity contribution in [1.29, 1.82) is 0 Å². The number of halogens is 1. The Hall–Kier alpha value is 0.170. The lowest BCUT2D eigenvalue weighted by molar-refractivity contribution is -0.0144. The summed E-state index contributed by atoms with van der Waals surface area (Å²) in [5.74, 6) is 0.683. The predicted molar refractivity (Wildman–Crippen MR) is 57.7 cm³/mol. The van der Waals surface area contributed by atoms with Crippen molar-refractivity contribution >= 4 is 12.4 Å². The van der Waals surface area contributed by atoms with Crippen molar-refractivity contribution in [2.24, 2.45) is 5.92 Å². The molecule has 2 heterocycles. The van der Waals surface area contributed by atoms with Crippen molar-refractivity contribution in [2.45, 2.75) is 38.5 Å². The minimum Gasteiger partial charge on any atom is -0.381 e. The standard InChI is InChI=1S/C10H19NO2.ClH/c1-8-6-13-10(2,11-8)5-9-3-4-12-7-9;/h8-9,11H,3-7H2,1-2H3;1H. The van der Waals surface area contributed by atoms with E-state index < -0.39 is 0 Å². The third-order valence-electron chi connectivity index (χ3n) is 2.91. The van der Waals surface area contributed by atoms with Crippen LogP contribution in [0.15, 0.2) is 0 Å². The van der Waals surface area contributed by atoms with E-state index >= 15 is 0 Å². The highest BCUT2D eigenvalue weighted by Gasteiger charge is 2.36. The molecule has 0 radical (unpaired) electrons. The van der Waals surface area contributed by atoms with Crippen LogP contribution in [0.2, 0.25) is 0 Å². The second kappa shape index (κ2) is 4.79. The summed E-state index contributed by atoms with van der Waals surface area (Å²) in [6.07, 6.45) is 2.27. The maximum atomic E-state index is 5.75. The van der Waals surface area contributed by atoms with Crippen LogP contribution in [0.25, 0.3) is 0 Å². The Morgan fingerprint density at radius 3 is 2.71 bits per heavy atom. The Balaban J connectivity index is 0.000000980. The summed E-state index contributed by atoms with van der Waals surface area (Å²) in [6.45, 7) is 6.99. The maximum Gasteiger partial charge on any atom is 0.117 e. The summed E-state index contributed by atoms with van der Waals surface area (Å²) in [5, 5.41) is 3.48. The quantitative estimate of drug-likeness (QED) is 0.768. The van der Waals surface area contributed by atoms with Crippen molar-refractivity contribution in [2.75, 3.05) is 19.8 Å². The first-order valence-corrected chi connectivity index (χ1v) is 5.17. The van der Waals surface area contributed by atoms with Crippen molar-refractivity contribution < 1.29 is 9.47 Å². The summed E-state index contributed by atoms with van der Waals surface area (Å²) in [4.78, 5) is 0. The second-order valence-electron chi connectivity index (χ2n) is 4.52. The highest BCUT2D eigenvalue weighted by Crippen LogP contribution is 2.28. The molecule has 3 nitrogen and oxygen atoms in total. The number of ether oxygens (including phenoxy) is 2. The Bertz CT molecular complexity index is 185. The van der Waals surface area contributed by atoms with E-state index in [1.807, 2.05) is 0 Å². The lowest BCUT2D eigenvalue weighted by Crippen LogP contribution is -2.42. The number of nitrogens with one attached hydrogen (secondary N) is 1. The van der Waals surface area contributed by atoms with E-state index in [0.29, 0.717) is 12.0 Å². The summed E-state index contributed by atoms with van der Waals surface area (Å²) in [6, 6.07) is 0.493. The summed E-state index contributed by atoms with van der Waals surface area (Å²) < 4.78 is 11.1. The van der Waals surface area contributed by atoms with Crippen LogP contribution in [-0.2, 0) is 9.47 Å². The van der Waals surface area contributed by atoms with Gasteiger partial charge in [0, 0.05) is 19.3 Å². The van der Waals surface area contributed by atoms with Gasteiger partial charge in [0.1, 0.15) is 5.72 Å². The molecule has 84 valence electrons. The minimum absolute atomic E-state index is 0. The SMILES string of the molecule is CC1COC(C)(CC2CCOC2)N1.Cl. The fourth-order valence-electron chi connectivity index (χ4n) is 2.33. The third-order valence-corrected chi connectivity index (χ3v) is 2.91. The van der Waals surface area contributed by atoms with Crippen molar-refractivity contribution in [3.05, 3.63) is 0 Å². The largest absolute Gasteiger partial charge is 0.381 e. The van der Waals surface area contributed by atoms with Crippen LogP contribution in [0.1, 0.15) is 26.7 Å². The first kappa shape index (κ1) is 12.2. The van der Waals surface area contributed by atoms with Gasteiger partial charge in [-0.2, -0.15) is 0 Å². The summed E-state index contributed by atoms with van der Waals surface area (Å²) >= 11 is 0. The van der Waals surface area contributed by atoms with Gasteiger partial charge in [-0.15, -0.1) is 12.4 Å². The van der Waals surface area contributed by atoms with Crippen LogP contribution in [0, 0.1) is 5.92 Å². The number of rotatable bonds is 2. The van der Waals surface area contributed by atoms with Gasteiger partial charge >= 0.3 is 0 Å². The Morgan fingerprint density at radius 1 is 1.43 bits per heavy atom. The number of hydrogen-bond donors (Lipinski definition) is 1. The van der Waals surface area contributed by atoms with E-state index in [2.05, 4.69) is 19.2 Å². The Morgan fingerprint density at radius 2 is 2.21 bits per heavy atom. The first-order chi connectivity index (χ1) is 6.18. The Labute approximate surface area is 91.9 Å². The normalized spacial score (nSPS) is 42.4. The van der Waals surface area contributed by atoms with E-state index in [0.717, 1.165) is 26.2 Å². The van der Waals surface area contributed by atoms with Crippen LogP contribution in [0.3, 0.4) is 0 Å². The summed E-state index contributed by atoms with van der Waals surface area (Å²) in [5.41, 5.74) is -0.0994. The minimum atomic E-state index is -0.0994. The molecule has 0 amide bonds. The molecule has 2 fully saturated rings. The molecule has 3 atom stereocenters. The fraction of sp³-hybridized carbons (Fsp3) is 1.00. The van der Waals surface area contributed by atoms with Crippen LogP contribution < -0.4 is 5.32 Å². The molecule has 2 rings (SSSR count). The average molecular weight is 222 g/mol. The van der Waals surface area contributed by atoms with Gasteiger partial charge in [-0.1, -0.05) is 0 Å². The molecule has 0 saturated carbocycles. The second-order valence-corrected chi connectivity index (χ2v) is 4.52. The molecule has 14 heavy (non-hydrogen) atoms. The Kier molecular flexibility index (Phi) is 4.19. The molecule has 0 bridgehead atoms. The average Bonchev–Trinajstić information content (AvgIpc) is 2.62. The van der Waals surface area contributed by atoms with Crippen molar-refractivity contribution in [1.82, 2.24) is 5.32 Å². The zero-order valence-electron chi connectivity index (χ0n) is 8.91. The van der Waals surface area contributed by atoms with Crippen molar-refractivity contribution in [3.63, 3.8) is 0 Å². The monoisotopic (exact) mass is 221 g/mol. The lowest BCUT2D eigenvalue weighted by Gasteiger charge is -2.26. The van der Waals surface area contributed by atoms with Gasteiger partial charge in [0.25, 0.3) is 0 Å². The van der Waals surface area contributed by atoms with E-state index in [1.54, 1.807) is 0 Å². The molecule has 3 unspecified atom stereocenters. The molecule has 0 aromatic carbocycles. The molecule has 2 aliphatic heterocycles. The topological polar surface area (TPSA) is 30.5 Å². The van der Waals surface area contributed by atoms with E-state index in [4.69, 9.17) is 9.47 Å². The van der Waals surface area contributed by atoms with Crippen LogP contribution in [0.5, 0.6) is 0 Å². The number of hydrogen-bond acceptors (Lipinski definition) is 3. The van der Waals surface area contributed by atoms with Gasteiger partial charge in [-0.05, 0) is 32.6 Å². The first-order valence-electron chi connectivity index (χ1n) is 5.17. The molecular weight excluding hydrogens is 202 g/mol. The molecular formula is C10H20ClNO2. The van der Waals surface area contributed by atoms with Gasteiger partial charge in [0.15, 0.2) is 0 Å². The van der Waals surface area contributed by atoms with Crippen LogP contribution in [-0.4, -0.2) is 31.6 Å². The highest BCUT2D eigenvalue weighted by atomic mass is 35.5. The van der Waals surface area contributed by atoms with Crippen LogP contribution >= 0.6 is 12.4 Å². The zero-order chi connectivity index (χ0) is 9.31. The molecule has 0 aromatic heterocycles. The smallest absolute Gasteiger partial charge is 0.117 e.